The number of rotatable bonds is 2. The zero-order valence-corrected chi connectivity index (χ0v) is 8.85. The van der Waals surface area contributed by atoms with Gasteiger partial charge in [-0.3, -0.25) is 0 Å². The van der Waals surface area contributed by atoms with Gasteiger partial charge in [0.15, 0.2) is 5.88 Å². The van der Waals surface area contributed by atoms with Crippen molar-refractivity contribution in [2.45, 2.75) is 0 Å². The van der Waals surface area contributed by atoms with Crippen molar-refractivity contribution in [2.75, 3.05) is 5.32 Å². The van der Waals surface area contributed by atoms with E-state index in [4.69, 9.17) is 0 Å². The first-order valence-electron chi connectivity index (χ1n) is 5.07. The number of para-hydroxylation sites is 1. The quantitative estimate of drug-likeness (QED) is 0.794. The summed E-state index contributed by atoms with van der Waals surface area (Å²) in [6.45, 7) is 3.86. The zero-order chi connectivity index (χ0) is 11.4. The Kier molecular flexibility index (Phi) is 2.92. The van der Waals surface area contributed by atoms with Crippen molar-refractivity contribution in [3.05, 3.63) is 65.0 Å². The Morgan fingerprint density at radius 2 is 1.56 bits per heavy atom. The van der Waals surface area contributed by atoms with Gasteiger partial charge in [-0.2, -0.15) is 0 Å². The first-order chi connectivity index (χ1) is 7.77. The highest BCUT2D eigenvalue weighted by molar-refractivity contribution is 5.59. The normalized spacial score (nSPS) is 12.0. The summed E-state index contributed by atoms with van der Waals surface area (Å²) < 4.78 is 0. The molecule has 0 saturated heterocycles. The fourth-order valence-corrected chi connectivity index (χ4v) is 1.48. The zero-order valence-electron chi connectivity index (χ0n) is 8.85. The van der Waals surface area contributed by atoms with Gasteiger partial charge in [-0.25, -0.2) is 0 Å². The van der Waals surface area contributed by atoms with Crippen LogP contribution in [-0.4, -0.2) is 5.11 Å². The molecule has 0 aliphatic rings. The number of hydrogen-bond donors (Lipinski definition) is 2. The SMILES string of the molecule is C=c1cccc/c1=C(\O)Nc1ccccc1. The van der Waals surface area contributed by atoms with Crippen molar-refractivity contribution in [3.8, 4) is 0 Å². The number of anilines is 1. The van der Waals surface area contributed by atoms with Gasteiger partial charge in [0.2, 0.25) is 0 Å². The fourth-order valence-electron chi connectivity index (χ4n) is 1.48. The van der Waals surface area contributed by atoms with Crippen LogP contribution in [0.1, 0.15) is 0 Å². The topological polar surface area (TPSA) is 32.3 Å². The third kappa shape index (κ3) is 2.23. The van der Waals surface area contributed by atoms with Crippen molar-refractivity contribution in [2.24, 2.45) is 0 Å². The maximum Gasteiger partial charge on any atom is 0.196 e. The Balaban J connectivity index is 2.40. The second-order valence-electron chi connectivity index (χ2n) is 3.50. The molecule has 2 rings (SSSR count). The van der Waals surface area contributed by atoms with Gasteiger partial charge in [0.25, 0.3) is 0 Å². The molecule has 0 aromatic heterocycles. The van der Waals surface area contributed by atoms with Gasteiger partial charge >= 0.3 is 0 Å². The minimum Gasteiger partial charge on any atom is -0.494 e. The van der Waals surface area contributed by atoms with E-state index in [2.05, 4.69) is 11.9 Å². The van der Waals surface area contributed by atoms with Gasteiger partial charge in [-0.1, -0.05) is 43.0 Å². The van der Waals surface area contributed by atoms with Crippen molar-refractivity contribution >= 4 is 18.1 Å². The Hall–Kier alpha value is -2.22. The summed E-state index contributed by atoms with van der Waals surface area (Å²) in [5.41, 5.74) is 0.850. The molecule has 2 N–H and O–H groups in total. The lowest BCUT2D eigenvalue weighted by Crippen LogP contribution is -2.27. The van der Waals surface area contributed by atoms with Crippen molar-refractivity contribution in [3.63, 3.8) is 0 Å². The molecule has 2 aromatic carbocycles. The van der Waals surface area contributed by atoms with Gasteiger partial charge < -0.3 is 10.4 Å². The highest BCUT2D eigenvalue weighted by atomic mass is 16.3. The highest BCUT2D eigenvalue weighted by Crippen LogP contribution is 2.06. The van der Waals surface area contributed by atoms with Crippen LogP contribution in [-0.2, 0) is 0 Å². The Morgan fingerprint density at radius 1 is 0.938 bits per heavy atom. The summed E-state index contributed by atoms with van der Waals surface area (Å²) in [6, 6.07) is 17.0. The monoisotopic (exact) mass is 211 g/mol. The first kappa shape index (κ1) is 10.3. The van der Waals surface area contributed by atoms with E-state index in [9.17, 15) is 5.11 Å². The molecule has 0 bridgehead atoms. The molecule has 0 aliphatic heterocycles. The van der Waals surface area contributed by atoms with Crippen molar-refractivity contribution in [1.29, 1.82) is 0 Å². The maximum atomic E-state index is 9.92. The lowest BCUT2D eigenvalue weighted by molar-refractivity contribution is 0.502. The minimum atomic E-state index is 0.122. The molecule has 0 aliphatic carbocycles. The van der Waals surface area contributed by atoms with Crippen LogP contribution in [0, 0.1) is 0 Å². The van der Waals surface area contributed by atoms with E-state index in [1.807, 2.05) is 54.6 Å². The molecule has 0 atom stereocenters. The molecule has 0 radical (unpaired) electrons. The van der Waals surface area contributed by atoms with Gasteiger partial charge in [0, 0.05) is 10.9 Å². The third-order valence-electron chi connectivity index (χ3n) is 2.31. The van der Waals surface area contributed by atoms with E-state index < -0.39 is 0 Å². The third-order valence-corrected chi connectivity index (χ3v) is 2.31. The van der Waals surface area contributed by atoms with Crippen LogP contribution in [0.3, 0.4) is 0 Å². The van der Waals surface area contributed by atoms with Crippen molar-refractivity contribution < 1.29 is 5.11 Å². The summed E-state index contributed by atoms with van der Waals surface area (Å²) in [6.07, 6.45) is 0. The summed E-state index contributed by atoms with van der Waals surface area (Å²) in [7, 11) is 0. The molecule has 2 heteroatoms. The molecule has 0 unspecified atom stereocenters. The molecular weight excluding hydrogens is 198 g/mol. The second kappa shape index (κ2) is 4.53. The van der Waals surface area contributed by atoms with Gasteiger partial charge in [0.1, 0.15) is 0 Å². The predicted molar refractivity (Wildman–Crippen MR) is 67.3 cm³/mol. The molecule has 0 saturated carbocycles. The van der Waals surface area contributed by atoms with E-state index in [1.165, 1.54) is 0 Å². The van der Waals surface area contributed by atoms with Crippen LogP contribution < -0.4 is 15.8 Å². The lowest BCUT2D eigenvalue weighted by Gasteiger charge is -2.04. The molecule has 0 fully saturated rings. The maximum absolute atomic E-state index is 9.92. The largest absolute Gasteiger partial charge is 0.494 e. The van der Waals surface area contributed by atoms with E-state index in [1.54, 1.807) is 0 Å². The second-order valence-corrected chi connectivity index (χ2v) is 3.50. The fraction of sp³-hybridized carbons (Fsp3) is 0. The van der Waals surface area contributed by atoms with Gasteiger partial charge in [-0.05, 0) is 23.4 Å². The van der Waals surface area contributed by atoms with Gasteiger partial charge in [0.05, 0.1) is 0 Å². The summed E-state index contributed by atoms with van der Waals surface area (Å²) in [5, 5.41) is 14.4. The minimum absolute atomic E-state index is 0.122. The van der Waals surface area contributed by atoms with Crippen LogP contribution in [0.5, 0.6) is 0 Å². The standard InChI is InChI=1S/C14H13NO/c1-11-7-5-6-10-13(11)14(16)15-12-8-3-2-4-9-12/h2-10,15-16H,1H2/b14-13+. The number of nitrogens with one attached hydrogen (secondary N) is 1. The molecular formula is C14H13NO. The summed E-state index contributed by atoms with van der Waals surface area (Å²) in [4.78, 5) is 0. The number of hydrogen-bond acceptors (Lipinski definition) is 2. The van der Waals surface area contributed by atoms with Crippen LogP contribution in [0.25, 0.3) is 12.5 Å². The molecule has 0 amide bonds. The summed E-state index contributed by atoms with van der Waals surface area (Å²) in [5.74, 6) is 0.122. The van der Waals surface area contributed by atoms with Crippen LogP contribution >= 0.6 is 0 Å². The Labute approximate surface area is 94.2 Å². The van der Waals surface area contributed by atoms with E-state index in [-0.39, 0.29) is 5.88 Å². The lowest BCUT2D eigenvalue weighted by atomic mass is 10.2. The molecule has 2 aromatic rings. The smallest absolute Gasteiger partial charge is 0.196 e. The molecule has 0 heterocycles. The van der Waals surface area contributed by atoms with Crippen molar-refractivity contribution in [1.82, 2.24) is 0 Å². The van der Waals surface area contributed by atoms with Crippen LogP contribution in [0.15, 0.2) is 54.6 Å². The number of aliphatic hydroxyl groups is 1. The van der Waals surface area contributed by atoms with E-state index in [0.717, 1.165) is 10.9 Å². The average molecular weight is 211 g/mol. The van der Waals surface area contributed by atoms with E-state index >= 15 is 0 Å². The molecule has 16 heavy (non-hydrogen) atoms. The Morgan fingerprint density at radius 3 is 2.25 bits per heavy atom. The first-order valence-corrected chi connectivity index (χ1v) is 5.07. The highest BCUT2D eigenvalue weighted by Gasteiger charge is 1.95. The van der Waals surface area contributed by atoms with Gasteiger partial charge in [-0.15, -0.1) is 0 Å². The Bertz CT molecular complexity index is 575. The molecule has 80 valence electrons. The number of benzene rings is 2. The molecule has 2 nitrogen and oxygen atoms in total. The molecule has 0 spiro atoms. The van der Waals surface area contributed by atoms with Crippen LogP contribution in [0.4, 0.5) is 5.69 Å². The average Bonchev–Trinajstić information content (AvgIpc) is 2.31. The predicted octanol–water partition coefficient (Wildman–Crippen LogP) is 1.83. The van der Waals surface area contributed by atoms with E-state index in [0.29, 0.717) is 5.22 Å². The summed E-state index contributed by atoms with van der Waals surface area (Å²) >= 11 is 0. The van der Waals surface area contributed by atoms with Crippen LogP contribution in [0.2, 0.25) is 0 Å². The number of aliphatic hydroxyl groups excluding tert-OH is 1.